The average molecular weight is 377 g/mol. The molecule has 0 saturated heterocycles. The van der Waals surface area contributed by atoms with Gasteiger partial charge in [-0.25, -0.2) is 4.98 Å². The van der Waals surface area contributed by atoms with Crippen LogP contribution in [0.15, 0.2) is 52.9 Å². The minimum absolute atomic E-state index is 0.170. The molecular weight excluding hydrogens is 354 g/mol. The van der Waals surface area contributed by atoms with Crippen LogP contribution in [0, 0.1) is 5.92 Å². The van der Waals surface area contributed by atoms with Gasteiger partial charge in [-0.2, -0.15) is 0 Å². The molecule has 6 heteroatoms. The number of nitrogens with zero attached hydrogens (tertiary/aromatic N) is 1. The Labute approximate surface area is 163 Å². The van der Waals surface area contributed by atoms with Crippen LogP contribution in [0.1, 0.15) is 32.6 Å². The van der Waals surface area contributed by atoms with Gasteiger partial charge in [0.15, 0.2) is 5.58 Å². The van der Waals surface area contributed by atoms with Crippen LogP contribution in [0.25, 0.3) is 22.6 Å². The zero-order chi connectivity index (χ0) is 19.5. The van der Waals surface area contributed by atoms with Crippen LogP contribution in [-0.2, 0) is 9.59 Å². The predicted molar refractivity (Wildman–Crippen MR) is 108 cm³/mol. The van der Waals surface area contributed by atoms with E-state index in [1.54, 1.807) is 0 Å². The molecular formula is C22H23N3O3. The summed E-state index contributed by atoms with van der Waals surface area (Å²) in [4.78, 5) is 28.8. The summed E-state index contributed by atoms with van der Waals surface area (Å²) in [6, 6.07) is 14.5. The highest BCUT2D eigenvalue weighted by atomic mass is 16.3. The largest absolute Gasteiger partial charge is 0.436 e. The van der Waals surface area contributed by atoms with Crippen molar-refractivity contribution in [2.45, 2.75) is 38.6 Å². The van der Waals surface area contributed by atoms with Crippen molar-refractivity contribution in [3.8, 4) is 11.5 Å². The molecule has 1 saturated carbocycles. The van der Waals surface area contributed by atoms with Gasteiger partial charge in [-0.15, -0.1) is 0 Å². The third-order valence-electron chi connectivity index (χ3n) is 5.21. The fourth-order valence-electron chi connectivity index (χ4n) is 3.82. The second-order valence-electron chi connectivity index (χ2n) is 7.28. The van der Waals surface area contributed by atoms with Crippen molar-refractivity contribution < 1.29 is 14.0 Å². The number of hydrogen-bond donors (Lipinski definition) is 2. The van der Waals surface area contributed by atoms with Gasteiger partial charge in [0.05, 0.1) is 0 Å². The molecule has 1 heterocycles. The molecule has 3 aromatic rings. The number of nitrogens with one attached hydrogen (secondary N) is 2. The summed E-state index contributed by atoms with van der Waals surface area (Å²) < 4.78 is 5.78. The fraction of sp³-hybridized carbons (Fsp3) is 0.318. The summed E-state index contributed by atoms with van der Waals surface area (Å²) in [5.74, 6) is 0.388. The van der Waals surface area contributed by atoms with E-state index in [9.17, 15) is 9.59 Å². The van der Waals surface area contributed by atoms with E-state index < -0.39 is 6.04 Å². The van der Waals surface area contributed by atoms with Crippen LogP contribution < -0.4 is 10.6 Å². The summed E-state index contributed by atoms with van der Waals surface area (Å²) in [7, 11) is 0. The molecule has 1 fully saturated rings. The van der Waals surface area contributed by atoms with E-state index in [2.05, 4.69) is 15.6 Å². The maximum atomic E-state index is 12.8. The SMILES string of the molecule is CC(=O)NC(C(=O)Nc1ccc(-c2nc3ccccc3o2)cc1)C1CCCC1. The van der Waals surface area contributed by atoms with Crippen LogP contribution in [0.5, 0.6) is 0 Å². The topological polar surface area (TPSA) is 84.2 Å². The molecule has 1 aromatic heterocycles. The standard InChI is InChI=1S/C22H23N3O3/c1-14(26)23-20(15-6-2-3-7-15)21(27)24-17-12-10-16(11-13-17)22-25-18-8-4-5-9-19(18)28-22/h4-5,8-13,15,20H,2-3,6-7H2,1H3,(H,23,26)(H,24,27). The Balaban J connectivity index is 1.48. The Bertz CT molecular complexity index is 955. The number of anilines is 1. The summed E-state index contributed by atoms with van der Waals surface area (Å²) in [6.07, 6.45) is 4.14. The van der Waals surface area contributed by atoms with E-state index in [0.717, 1.165) is 42.3 Å². The van der Waals surface area contributed by atoms with Crippen molar-refractivity contribution in [2.75, 3.05) is 5.32 Å². The van der Waals surface area contributed by atoms with Crippen molar-refractivity contribution in [1.29, 1.82) is 0 Å². The number of carbonyl (C=O) groups is 2. The number of aromatic nitrogens is 1. The maximum absolute atomic E-state index is 12.8. The van der Waals surface area contributed by atoms with Gasteiger partial charge in [0.1, 0.15) is 11.6 Å². The number of para-hydroxylation sites is 2. The predicted octanol–water partition coefficient (Wildman–Crippen LogP) is 4.13. The number of carbonyl (C=O) groups excluding carboxylic acids is 2. The Morgan fingerprint density at radius 1 is 1.07 bits per heavy atom. The van der Waals surface area contributed by atoms with Crippen molar-refractivity contribution in [1.82, 2.24) is 10.3 Å². The number of amides is 2. The Morgan fingerprint density at radius 2 is 1.79 bits per heavy atom. The lowest BCUT2D eigenvalue weighted by Crippen LogP contribution is -2.47. The second kappa shape index (κ2) is 7.84. The first-order chi connectivity index (χ1) is 13.6. The van der Waals surface area contributed by atoms with E-state index in [4.69, 9.17) is 4.42 Å². The van der Waals surface area contributed by atoms with E-state index in [-0.39, 0.29) is 17.7 Å². The maximum Gasteiger partial charge on any atom is 0.247 e. The molecule has 0 aliphatic heterocycles. The molecule has 28 heavy (non-hydrogen) atoms. The third-order valence-corrected chi connectivity index (χ3v) is 5.21. The van der Waals surface area contributed by atoms with E-state index in [0.29, 0.717) is 11.6 Å². The molecule has 2 N–H and O–H groups in total. The fourth-order valence-corrected chi connectivity index (χ4v) is 3.82. The zero-order valence-corrected chi connectivity index (χ0v) is 15.8. The molecule has 0 bridgehead atoms. The molecule has 2 amide bonds. The smallest absolute Gasteiger partial charge is 0.247 e. The Hall–Kier alpha value is -3.15. The van der Waals surface area contributed by atoms with Crippen LogP contribution in [-0.4, -0.2) is 22.8 Å². The zero-order valence-electron chi connectivity index (χ0n) is 15.8. The molecule has 1 aliphatic carbocycles. The van der Waals surface area contributed by atoms with Crippen molar-refractivity contribution in [3.05, 3.63) is 48.5 Å². The monoisotopic (exact) mass is 377 g/mol. The minimum Gasteiger partial charge on any atom is -0.436 e. The van der Waals surface area contributed by atoms with Crippen molar-refractivity contribution >= 4 is 28.6 Å². The van der Waals surface area contributed by atoms with Crippen molar-refractivity contribution in [2.24, 2.45) is 5.92 Å². The van der Waals surface area contributed by atoms with Gasteiger partial charge in [-0.05, 0) is 55.2 Å². The molecule has 0 radical (unpaired) electrons. The molecule has 4 rings (SSSR count). The van der Waals surface area contributed by atoms with Gasteiger partial charge in [-0.1, -0.05) is 25.0 Å². The normalized spacial score (nSPS) is 15.5. The minimum atomic E-state index is -0.489. The first-order valence-corrected chi connectivity index (χ1v) is 9.64. The number of rotatable bonds is 5. The van der Waals surface area contributed by atoms with Gasteiger partial charge in [0.2, 0.25) is 17.7 Å². The molecule has 144 valence electrons. The Kier molecular flexibility index (Phi) is 5.10. The lowest BCUT2D eigenvalue weighted by molar-refractivity contribution is -0.126. The molecule has 6 nitrogen and oxygen atoms in total. The average Bonchev–Trinajstić information content (AvgIpc) is 3.36. The van der Waals surface area contributed by atoms with E-state index >= 15 is 0 Å². The molecule has 1 aliphatic rings. The van der Waals surface area contributed by atoms with Crippen LogP contribution in [0.4, 0.5) is 5.69 Å². The molecule has 2 aromatic carbocycles. The third kappa shape index (κ3) is 3.91. The first-order valence-electron chi connectivity index (χ1n) is 9.64. The quantitative estimate of drug-likeness (QED) is 0.700. The first kappa shape index (κ1) is 18.2. The number of benzene rings is 2. The van der Waals surface area contributed by atoms with Gasteiger partial charge in [-0.3, -0.25) is 9.59 Å². The highest BCUT2D eigenvalue weighted by molar-refractivity contribution is 5.97. The summed E-state index contributed by atoms with van der Waals surface area (Å²) >= 11 is 0. The molecule has 0 spiro atoms. The van der Waals surface area contributed by atoms with Gasteiger partial charge < -0.3 is 15.1 Å². The molecule has 1 atom stereocenters. The summed E-state index contributed by atoms with van der Waals surface area (Å²) in [5.41, 5.74) is 3.07. The van der Waals surface area contributed by atoms with Crippen LogP contribution in [0.3, 0.4) is 0 Å². The lowest BCUT2D eigenvalue weighted by atomic mass is 9.97. The number of oxazole rings is 1. The van der Waals surface area contributed by atoms with Crippen LogP contribution >= 0.6 is 0 Å². The summed E-state index contributed by atoms with van der Waals surface area (Å²) in [6.45, 7) is 1.45. The lowest BCUT2D eigenvalue weighted by Gasteiger charge is -2.23. The second-order valence-corrected chi connectivity index (χ2v) is 7.28. The molecule has 1 unspecified atom stereocenters. The Morgan fingerprint density at radius 3 is 2.46 bits per heavy atom. The van der Waals surface area contributed by atoms with E-state index in [1.807, 2.05) is 48.5 Å². The van der Waals surface area contributed by atoms with Gasteiger partial charge in [0.25, 0.3) is 0 Å². The summed E-state index contributed by atoms with van der Waals surface area (Å²) in [5, 5.41) is 5.74. The van der Waals surface area contributed by atoms with Gasteiger partial charge in [0, 0.05) is 18.2 Å². The highest BCUT2D eigenvalue weighted by Gasteiger charge is 2.31. The van der Waals surface area contributed by atoms with Crippen LogP contribution in [0.2, 0.25) is 0 Å². The van der Waals surface area contributed by atoms with Gasteiger partial charge >= 0.3 is 0 Å². The van der Waals surface area contributed by atoms with E-state index in [1.165, 1.54) is 6.92 Å². The number of fused-ring (bicyclic) bond motifs is 1. The highest BCUT2D eigenvalue weighted by Crippen LogP contribution is 2.29. The number of hydrogen-bond acceptors (Lipinski definition) is 4. The van der Waals surface area contributed by atoms with Crippen molar-refractivity contribution in [3.63, 3.8) is 0 Å².